The number of anilines is 2. The van der Waals surface area contributed by atoms with Gasteiger partial charge in [-0.1, -0.05) is 6.08 Å². The number of benzene rings is 1. The highest BCUT2D eigenvalue weighted by Gasteiger charge is 2.49. The molecule has 0 amide bonds. The van der Waals surface area contributed by atoms with Gasteiger partial charge in [0, 0.05) is 35.8 Å². The summed E-state index contributed by atoms with van der Waals surface area (Å²) in [5, 5.41) is 10.5. The molecule has 0 radical (unpaired) electrons. The van der Waals surface area contributed by atoms with Gasteiger partial charge in [-0.3, -0.25) is 0 Å². The molecular weight excluding hydrogens is 416 g/mol. The first-order valence-corrected chi connectivity index (χ1v) is 12.1. The highest BCUT2D eigenvalue weighted by molar-refractivity contribution is 7.91. The van der Waals surface area contributed by atoms with Crippen LogP contribution < -0.4 is 10.6 Å². The lowest BCUT2D eigenvalue weighted by molar-refractivity contribution is 0.122. The third kappa shape index (κ3) is 4.73. The normalized spacial score (nSPS) is 19.1. The molecule has 3 N–H and O–H groups in total. The average Bonchev–Trinajstić information content (AvgIpc) is 3.55. The average molecular weight is 445 g/mol. The molecule has 2 aliphatic rings. The SMILES string of the molecule is C=CCS(=O)(=O)C(O)CC1(c2cc(N3CCOCC3)nc(-c3ccc(N)cc3)n2)CC1. The summed E-state index contributed by atoms with van der Waals surface area (Å²) >= 11 is 0. The molecule has 2 aromatic rings. The zero-order valence-corrected chi connectivity index (χ0v) is 18.2. The van der Waals surface area contributed by atoms with Gasteiger partial charge in [0.05, 0.1) is 24.7 Å². The molecule has 2 fully saturated rings. The number of morpholine rings is 1. The summed E-state index contributed by atoms with van der Waals surface area (Å²) in [5.41, 5.74) is 6.16. The van der Waals surface area contributed by atoms with Gasteiger partial charge >= 0.3 is 0 Å². The summed E-state index contributed by atoms with van der Waals surface area (Å²) < 4.78 is 30.1. The second-order valence-corrected chi connectivity index (χ2v) is 10.4. The van der Waals surface area contributed by atoms with E-state index in [0.717, 1.165) is 43.0 Å². The summed E-state index contributed by atoms with van der Waals surface area (Å²) in [5.74, 6) is 1.10. The number of aliphatic hydroxyl groups is 1. The van der Waals surface area contributed by atoms with Crippen molar-refractivity contribution < 1.29 is 18.3 Å². The molecule has 1 atom stereocenters. The minimum Gasteiger partial charge on any atom is -0.399 e. The molecule has 1 unspecified atom stereocenters. The van der Waals surface area contributed by atoms with Crippen LogP contribution in [0.25, 0.3) is 11.4 Å². The van der Waals surface area contributed by atoms with Crippen LogP contribution in [0.1, 0.15) is 25.0 Å². The van der Waals surface area contributed by atoms with Crippen molar-refractivity contribution in [3.05, 3.63) is 48.7 Å². The van der Waals surface area contributed by atoms with E-state index in [1.54, 1.807) is 12.1 Å². The molecule has 0 spiro atoms. The second-order valence-electron chi connectivity index (χ2n) is 8.21. The molecule has 1 aromatic heterocycles. The largest absolute Gasteiger partial charge is 0.399 e. The van der Waals surface area contributed by atoms with E-state index in [0.29, 0.717) is 24.7 Å². The van der Waals surface area contributed by atoms with Crippen LogP contribution in [0.5, 0.6) is 0 Å². The number of hydrogen-bond acceptors (Lipinski definition) is 8. The molecule has 2 heterocycles. The van der Waals surface area contributed by atoms with E-state index in [1.807, 2.05) is 18.2 Å². The van der Waals surface area contributed by atoms with Crippen molar-refractivity contribution >= 4 is 21.3 Å². The van der Waals surface area contributed by atoms with E-state index >= 15 is 0 Å². The van der Waals surface area contributed by atoms with Gasteiger partial charge < -0.3 is 20.5 Å². The molecule has 1 aliphatic carbocycles. The van der Waals surface area contributed by atoms with Crippen LogP contribution >= 0.6 is 0 Å². The van der Waals surface area contributed by atoms with Gasteiger partial charge in [-0.2, -0.15) is 0 Å². The fourth-order valence-electron chi connectivity index (χ4n) is 3.87. The van der Waals surface area contributed by atoms with Gasteiger partial charge in [0.2, 0.25) is 0 Å². The number of hydrogen-bond donors (Lipinski definition) is 2. The molecule has 0 bridgehead atoms. The standard InChI is InChI=1S/C22H28N4O4S/c1-2-13-31(28,29)20(27)15-22(7-8-22)18-14-19(26-9-11-30-12-10-26)25-21(24-18)16-3-5-17(23)6-4-16/h2-6,14,20,27H,1,7-13,15,23H2. The van der Waals surface area contributed by atoms with Crippen molar-refractivity contribution in [3.63, 3.8) is 0 Å². The maximum atomic E-state index is 12.3. The van der Waals surface area contributed by atoms with Crippen molar-refractivity contribution in [2.24, 2.45) is 0 Å². The summed E-state index contributed by atoms with van der Waals surface area (Å²) in [6, 6.07) is 9.30. The Balaban J connectivity index is 1.71. The van der Waals surface area contributed by atoms with E-state index in [-0.39, 0.29) is 12.2 Å². The lowest BCUT2D eigenvalue weighted by atomic mass is 9.97. The Bertz CT molecular complexity index is 1050. The molecule has 1 saturated carbocycles. The quantitative estimate of drug-likeness (QED) is 0.468. The number of sulfone groups is 1. The first kappa shape index (κ1) is 21.7. The summed E-state index contributed by atoms with van der Waals surface area (Å²) in [6.45, 7) is 6.17. The lowest BCUT2D eigenvalue weighted by Gasteiger charge is -2.29. The third-order valence-corrected chi connectivity index (χ3v) is 7.64. The summed E-state index contributed by atoms with van der Waals surface area (Å²) in [6.07, 6.45) is 2.96. The molecule has 8 nitrogen and oxygen atoms in total. The Hall–Kier alpha value is -2.49. The monoisotopic (exact) mass is 444 g/mol. The van der Waals surface area contributed by atoms with Crippen LogP contribution in [0.15, 0.2) is 43.0 Å². The number of nitrogen functional groups attached to an aromatic ring is 1. The van der Waals surface area contributed by atoms with Crippen molar-refractivity contribution in [2.75, 3.05) is 42.7 Å². The van der Waals surface area contributed by atoms with Gasteiger partial charge in [-0.05, 0) is 43.5 Å². The Morgan fingerprint density at radius 2 is 1.90 bits per heavy atom. The van der Waals surface area contributed by atoms with Crippen LogP contribution in [-0.2, 0) is 20.0 Å². The summed E-state index contributed by atoms with van der Waals surface area (Å²) in [4.78, 5) is 11.7. The van der Waals surface area contributed by atoms with Crippen molar-refractivity contribution in [3.8, 4) is 11.4 Å². The van der Waals surface area contributed by atoms with Gasteiger partial charge in [-0.25, -0.2) is 18.4 Å². The minimum atomic E-state index is -3.66. The maximum absolute atomic E-state index is 12.3. The molecule has 31 heavy (non-hydrogen) atoms. The number of aliphatic hydroxyl groups excluding tert-OH is 1. The van der Waals surface area contributed by atoms with Gasteiger partial charge in [0.25, 0.3) is 0 Å². The van der Waals surface area contributed by atoms with Crippen molar-refractivity contribution in [2.45, 2.75) is 30.1 Å². The Labute approximate surface area is 182 Å². The van der Waals surface area contributed by atoms with E-state index in [4.69, 9.17) is 20.4 Å². The van der Waals surface area contributed by atoms with Gasteiger partial charge in [0.1, 0.15) is 5.82 Å². The smallest absolute Gasteiger partial charge is 0.180 e. The van der Waals surface area contributed by atoms with Crippen LogP contribution in [0, 0.1) is 0 Å². The summed E-state index contributed by atoms with van der Waals surface area (Å²) in [7, 11) is -3.66. The molecule has 1 aliphatic heterocycles. The highest BCUT2D eigenvalue weighted by atomic mass is 32.2. The highest BCUT2D eigenvalue weighted by Crippen LogP contribution is 2.52. The van der Waals surface area contributed by atoms with Gasteiger partial charge in [-0.15, -0.1) is 6.58 Å². The Kier molecular flexibility index (Phi) is 6.00. The van der Waals surface area contributed by atoms with Crippen molar-refractivity contribution in [1.82, 2.24) is 9.97 Å². The van der Waals surface area contributed by atoms with Crippen molar-refractivity contribution in [1.29, 1.82) is 0 Å². The molecule has 9 heteroatoms. The first-order valence-electron chi connectivity index (χ1n) is 10.4. The molecule has 4 rings (SSSR count). The number of ether oxygens (including phenoxy) is 1. The zero-order valence-electron chi connectivity index (χ0n) is 17.4. The Morgan fingerprint density at radius 3 is 2.52 bits per heavy atom. The number of nitrogens with two attached hydrogens (primary N) is 1. The van der Waals surface area contributed by atoms with Crippen LogP contribution in [0.4, 0.5) is 11.5 Å². The van der Waals surface area contributed by atoms with Crippen LogP contribution in [0.3, 0.4) is 0 Å². The van der Waals surface area contributed by atoms with E-state index in [1.165, 1.54) is 6.08 Å². The molecule has 166 valence electrons. The predicted molar refractivity (Wildman–Crippen MR) is 120 cm³/mol. The number of aromatic nitrogens is 2. The Morgan fingerprint density at radius 1 is 1.23 bits per heavy atom. The van der Waals surface area contributed by atoms with E-state index < -0.39 is 20.7 Å². The molecular formula is C22H28N4O4S. The van der Waals surface area contributed by atoms with E-state index in [9.17, 15) is 13.5 Å². The topological polar surface area (TPSA) is 119 Å². The third-order valence-electron chi connectivity index (χ3n) is 5.94. The number of nitrogens with zero attached hydrogens (tertiary/aromatic N) is 3. The van der Waals surface area contributed by atoms with Gasteiger partial charge in [0.15, 0.2) is 21.1 Å². The van der Waals surface area contributed by atoms with Crippen LogP contribution in [-0.4, -0.2) is 61.0 Å². The lowest BCUT2D eigenvalue weighted by Crippen LogP contribution is -2.37. The minimum absolute atomic E-state index is 0.115. The van der Waals surface area contributed by atoms with E-state index in [2.05, 4.69) is 11.5 Å². The fourth-order valence-corrected chi connectivity index (χ4v) is 5.00. The maximum Gasteiger partial charge on any atom is 0.180 e. The van der Waals surface area contributed by atoms with Crippen LogP contribution in [0.2, 0.25) is 0 Å². The first-order chi connectivity index (χ1) is 14.8. The molecule has 1 saturated heterocycles. The predicted octanol–water partition coefficient (Wildman–Crippen LogP) is 1.90. The number of rotatable bonds is 8. The zero-order chi connectivity index (χ0) is 22.1. The molecule has 1 aromatic carbocycles. The fraction of sp³-hybridized carbons (Fsp3) is 0.455. The second kappa shape index (κ2) is 8.57.